The van der Waals surface area contributed by atoms with Crippen molar-refractivity contribution in [1.82, 2.24) is 4.98 Å². The van der Waals surface area contributed by atoms with E-state index in [1.54, 1.807) is 17.6 Å². The van der Waals surface area contributed by atoms with E-state index >= 15 is 0 Å². The molecule has 0 atom stereocenters. The lowest BCUT2D eigenvalue weighted by Crippen LogP contribution is -1.74. The molecule has 2 aromatic rings. The van der Waals surface area contributed by atoms with Gasteiger partial charge in [-0.2, -0.15) is 0 Å². The molecule has 2 rings (SSSR count). The van der Waals surface area contributed by atoms with Crippen molar-refractivity contribution in [2.24, 2.45) is 0 Å². The first-order valence-electron chi connectivity index (χ1n) is 3.44. The minimum absolute atomic E-state index is 0.828. The molecule has 2 nitrogen and oxygen atoms in total. The summed E-state index contributed by atoms with van der Waals surface area (Å²) in [5, 5.41) is 0. The molecule has 0 fully saturated rings. The third-order valence-electron chi connectivity index (χ3n) is 1.53. The fourth-order valence-electron chi connectivity index (χ4n) is 1.01. The number of hydrogen-bond acceptors (Lipinski definition) is 3. The number of thiazole rings is 1. The van der Waals surface area contributed by atoms with Crippen LogP contribution in [0.2, 0.25) is 0 Å². The van der Waals surface area contributed by atoms with Gasteiger partial charge in [-0.25, -0.2) is 4.98 Å². The first-order chi connectivity index (χ1) is 5.77. The number of furan rings is 1. The summed E-state index contributed by atoms with van der Waals surface area (Å²) in [6, 6.07) is 3.77. The highest BCUT2D eigenvalue weighted by Gasteiger charge is 2.09. The summed E-state index contributed by atoms with van der Waals surface area (Å²) in [6.07, 6.45) is 1.65. The van der Waals surface area contributed by atoms with Crippen LogP contribution in [-0.2, 0) is 0 Å². The van der Waals surface area contributed by atoms with Gasteiger partial charge in [-0.1, -0.05) is 0 Å². The van der Waals surface area contributed by atoms with Gasteiger partial charge in [0, 0.05) is 4.88 Å². The van der Waals surface area contributed by atoms with Crippen molar-refractivity contribution in [2.75, 3.05) is 0 Å². The van der Waals surface area contributed by atoms with Gasteiger partial charge in [-0.05, 0) is 35.0 Å². The van der Waals surface area contributed by atoms with Gasteiger partial charge in [0.2, 0.25) is 0 Å². The molecule has 4 heteroatoms. The molecule has 0 spiro atoms. The van der Waals surface area contributed by atoms with Crippen LogP contribution in [-0.4, -0.2) is 4.98 Å². The summed E-state index contributed by atoms with van der Waals surface area (Å²) in [4.78, 5) is 5.46. The molecule has 0 N–H and O–H groups in total. The van der Waals surface area contributed by atoms with Crippen molar-refractivity contribution in [1.29, 1.82) is 0 Å². The van der Waals surface area contributed by atoms with E-state index in [0.29, 0.717) is 0 Å². The molecular weight excluding hydrogens is 238 g/mol. The Morgan fingerprint density at radius 3 is 2.92 bits per heavy atom. The molecule has 0 aliphatic heterocycles. The SMILES string of the molecule is Cc1sc(Br)nc1-c1ccco1. The summed E-state index contributed by atoms with van der Waals surface area (Å²) < 4.78 is 6.13. The maximum Gasteiger partial charge on any atom is 0.160 e. The van der Waals surface area contributed by atoms with Gasteiger partial charge in [0.05, 0.1) is 6.26 Å². The van der Waals surface area contributed by atoms with E-state index in [-0.39, 0.29) is 0 Å². The predicted octanol–water partition coefficient (Wildman–Crippen LogP) is 3.47. The normalized spacial score (nSPS) is 10.5. The van der Waals surface area contributed by atoms with Gasteiger partial charge in [-0.3, -0.25) is 0 Å². The molecular formula is C8H6BrNOS. The lowest BCUT2D eigenvalue weighted by Gasteiger charge is -1.89. The molecule has 62 valence electrons. The van der Waals surface area contributed by atoms with E-state index < -0.39 is 0 Å². The Labute approximate surface area is 82.4 Å². The topological polar surface area (TPSA) is 26.0 Å². The Balaban J connectivity index is 2.54. The first kappa shape index (κ1) is 8.01. The van der Waals surface area contributed by atoms with E-state index in [4.69, 9.17) is 4.42 Å². The van der Waals surface area contributed by atoms with Gasteiger partial charge in [0.25, 0.3) is 0 Å². The van der Waals surface area contributed by atoms with Crippen molar-refractivity contribution in [2.45, 2.75) is 6.92 Å². The van der Waals surface area contributed by atoms with Crippen LogP contribution in [0.15, 0.2) is 26.7 Å². The van der Waals surface area contributed by atoms with E-state index in [9.17, 15) is 0 Å². The largest absolute Gasteiger partial charge is 0.463 e. The maximum absolute atomic E-state index is 5.24. The Morgan fingerprint density at radius 2 is 2.42 bits per heavy atom. The van der Waals surface area contributed by atoms with Crippen molar-refractivity contribution in [3.63, 3.8) is 0 Å². The monoisotopic (exact) mass is 243 g/mol. The highest BCUT2D eigenvalue weighted by Crippen LogP contribution is 2.30. The fraction of sp³-hybridized carbons (Fsp3) is 0.125. The van der Waals surface area contributed by atoms with Gasteiger partial charge >= 0.3 is 0 Å². The highest BCUT2D eigenvalue weighted by molar-refractivity contribution is 9.11. The number of nitrogens with zero attached hydrogens (tertiary/aromatic N) is 1. The average molecular weight is 244 g/mol. The van der Waals surface area contributed by atoms with Crippen molar-refractivity contribution in [3.8, 4) is 11.5 Å². The Bertz CT molecular complexity index is 380. The Kier molecular flexibility index (Phi) is 2.02. The molecule has 0 amide bonds. The second-order valence-electron chi connectivity index (χ2n) is 2.35. The molecule has 2 aromatic heterocycles. The standard InChI is InChI=1S/C8H6BrNOS/c1-5-7(10-8(9)12-5)6-3-2-4-11-6/h2-4H,1H3. The molecule has 0 saturated carbocycles. The molecule has 2 heterocycles. The lowest BCUT2D eigenvalue weighted by atomic mass is 10.3. The van der Waals surface area contributed by atoms with Gasteiger partial charge < -0.3 is 4.42 Å². The van der Waals surface area contributed by atoms with Crippen LogP contribution in [0.25, 0.3) is 11.5 Å². The van der Waals surface area contributed by atoms with E-state index in [0.717, 1.165) is 20.2 Å². The fourth-order valence-corrected chi connectivity index (χ4v) is 2.54. The minimum Gasteiger partial charge on any atom is -0.463 e. The van der Waals surface area contributed by atoms with Crippen molar-refractivity contribution in [3.05, 3.63) is 27.2 Å². The first-order valence-corrected chi connectivity index (χ1v) is 5.05. The number of hydrogen-bond donors (Lipinski definition) is 0. The molecule has 0 radical (unpaired) electrons. The second kappa shape index (κ2) is 3.03. The van der Waals surface area contributed by atoms with Crippen molar-refractivity contribution >= 4 is 27.3 Å². The molecule has 0 aromatic carbocycles. The lowest BCUT2D eigenvalue weighted by molar-refractivity contribution is 0.580. The summed E-state index contributed by atoms with van der Waals surface area (Å²) in [7, 11) is 0. The average Bonchev–Trinajstić information content (AvgIpc) is 2.58. The van der Waals surface area contributed by atoms with Gasteiger partial charge in [0.15, 0.2) is 9.68 Å². The van der Waals surface area contributed by atoms with E-state index in [2.05, 4.69) is 20.9 Å². The zero-order valence-corrected chi connectivity index (χ0v) is 8.78. The van der Waals surface area contributed by atoms with E-state index in [1.165, 1.54) is 0 Å². The van der Waals surface area contributed by atoms with Crippen LogP contribution in [0, 0.1) is 6.92 Å². The van der Waals surface area contributed by atoms with Crippen LogP contribution < -0.4 is 0 Å². The number of aromatic nitrogens is 1. The zero-order chi connectivity index (χ0) is 8.55. The number of rotatable bonds is 1. The predicted molar refractivity (Wildman–Crippen MR) is 52.3 cm³/mol. The van der Waals surface area contributed by atoms with Crippen LogP contribution in [0.3, 0.4) is 0 Å². The minimum atomic E-state index is 0.828. The maximum atomic E-state index is 5.24. The number of halogens is 1. The Morgan fingerprint density at radius 1 is 1.58 bits per heavy atom. The number of aryl methyl sites for hydroxylation is 1. The third-order valence-corrected chi connectivity index (χ3v) is 2.95. The third kappa shape index (κ3) is 1.32. The summed E-state index contributed by atoms with van der Waals surface area (Å²) in [5.74, 6) is 0.828. The highest BCUT2D eigenvalue weighted by atomic mass is 79.9. The van der Waals surface area contributed by atoms with Crippen LogP contribution in [0.1, 0.15) is 4.88 Å². The molecule has 0 bridgehead atoms. The second-order valence-corrected chi connectivity index (χ2v) is 4.83. The summed E-state index contributed by atoms with van der Waals surface area (Å²) >= 11 is 4.95. The summed E-state index contributed by atoms with van der Waals surface area (Å²) in [6.45, 7) is 2.03. The molecule has 12 heavy (non-hydrogen) atoms. The van der Waals surface area contributed by atoms with Crippen LogP contribution >= 0.6 is 27.3 Å². The summed E-state index contributed by atoms with van der Waals surface area (Å²) in [5.41, 5.74) is 0.928. The van der Waals surface area contributed by atoms with Crippen molar-refractivity contribution < 1.29 is 4.42 Å². The molecule has 0 aliphatic rings. The molecule has 0 saturated heterocycles. The smallest absolute Gasteiger partial charge is 0.160 e. The Hall–Kier alpha value is -0.610. The van der Waals surface area contributed by atoms with Gasteiger partial charge in [-0.15, -0.1) is 11.3 Å². The van der Waals surface area contributed by atoms with Crippen LogP contribution in [0.4, 0.5) is 0 Å². The van der Waals surface area contributed by atoms with Crippen LogP contribution in [0.5, 0.6) is 0 Å². The quantitative estimate of drug-likeness (QED) is 0.767. The zero-order valence-electron chi connectivity index (χ0n) is 6.37. The van der Waals surface area contributed by atoms with E-state index in [1.807, 2.05) is 19.1 Å². The van der Waals surface area contributed by atoms with Gasteiger partial charge in [0.1, 0.15) is 5.69 Å². The molecule has 0 unspecified atom stereocenters. The molecule has 0 aliphatic carbocycles.